The molecular weight excluding hydrogens is 248 g/mol. The zero-order chi connectivity index (χ0) is 14.2. The molecule has 0 unspecified atom stereocenters. The summed E-state index contributed by atoms with van der Waals surface area (Å²) in [7, 11) is 2.05. The third kappa shape index (κ3) is 4.42. The third-order valence-electron chi connectivity index (χ3n) is 2.99. The van der Waals surface area contributed by atoms with Gasteiger partial charge < -0.3 is 4.74 Å². The molecule has 0 amide bonds. The Balaban J connectivity index is 1.78. The maximum atomic E-state index is 8.88. The normalized spacial score (nSPS) is 10.2. The van der Waals surface area contributed by atoms with Gasteiger partial charge in [0.2, 0.25) is 0 Å². The van der Waals surface area contributed by atoms with Gasteiger partial charge in [0.25, 0.3) is 0 Å². The lowest BCUT2D eigenvalue weighted by Gasteiger charge is -2.17. The number of hydrogen-bond acceptors (Lipinski definition) is 3. The molecule has 0 aliphatic heterocycles. The van der Waals surface area contributed by atoms with E-state index >= 15 is 0 Å². The van der Waals surface area contributed by atoms with E-state index in [1.807, 2.05) is 61.6 Å². The van der Waals surface area contributed by atoms with Gasteiger partial charge in [-0.15, -0.1) is 0 Å². The SMILES string of the molecule is CN(CCOc1ccccc1)Cc1cccc(C#N)c1. The van der Waals surface area contributed by atoms with Crippen LogP contribution in [-0.2, 0) is 6.54 Å². The first-order valence-electron chi connectivity index (χ1n) is 6.63. The van der Waals surface area contributed by atoms with Crippen LogP contribution in [0, 0.1) is 11.3 Å². The van der Waals surface area contributed by atoms with Crippen molar-refractivity contribution in [3.63, 3.8) is 0 Å². The quantitative estimate of drug-likeness (QED) is 0.806. The van der Waals surface area contributed by atoms with Crippen LogP contribution in [-0.4, -0.2) is 25.1 Å². The highest BCUT2D eigenvalue weighted by atomic mass is 16.5. The van der Waals surface area contributed by atoms with Gasteiger partial charge in [0.15, 0.2) is 0 Å². The highest BCUT2D eigenvalue weighted by molar-refractivity contribution is 5.32. The topological polar surface area (TPSA) is 36.3 Å². The van der Waals surface area contributed by atoms with Crippen LogP contribution >= 0.6 is 0 Å². The fourth-order valence-corrected chi connectivity index (χ4v) is 1.97. The molecule has 0 bridgehead atoms. The Kier molecular flexibility index (Phi) is 5.16. The molecule has 0 aromatic heterocycles. The van der Waals surface area contributed by atoms with Gasteiger partial charge in [0.05, 0.1) is 11.6 Å². The van der Waals surface area contributed by atoms with Crippen LogP contribution < -0.4 is 4.74 Å². The molecule has 0 saturated carbocycles. The second-order valence-corrected chi connectivity index (χ2v) is 4.71. The molecule has 0 saturated heterocycles. The Bertz CT molecular complexity index is 575. The summed E-state index contributed by atoms with van der Waals surface area (Å²) in [6, 6.07) is 19.7. The van der Waals surface area contributed by atoms with E-state index in [2.05, 4.69) is 11.0 Å². The van der Waals surface area contributed by atoms with Crippen LogP contribution in [0.5, 0.6) is 5.75 Å². The van der Waals surface area contributed by atoms with Gasteiger partial charge >= 0.3 is 0 Å². The molecule has 0 radical (unpaired) electrons. The van der Waals surface area contributed by atoms with Crippen molar-refractivity contribution in [1.29, 1.82) is 5.26 Å². The molecular formula is C17H18N2O. The molecule has 2 aromatic rings. The van der Waals surface area contributed by atoms with Gasteiger partial charge in [0.1, 0.15) is 12.4 Å². The number of para-hydroxylation sites is 1. The fourth-order valence-electron chi connectivity index (χ4n) is 1.97. The van der Waals surface area contributed by atoms with Crippen molar-refractivity contribution < 1.29 is 4.74 Å². The molecule has 0 fully saturated rings. The molecule has 102 valence electrons. The van der Waals surface area contributed by atoms with Gasteiger partial charge in [-0.1, -0.05) is 30.3 Å². The van der Waals surface area contributed by atoms with E-state index in [-0.39, 0.29) is 0 Å². The van der Waals surface area contributed by atoms with Gasteiger partial charge in [-0.2, -0.15) is 5.26 Å². The minimum atomic E-state index is 0.651. The fraction of sp³-hybridized carbons (Fsp3) is 0.235. The van der Waals surface area contributed by atoms with E-state index in [9.17, 15) is 0 Å². The predicted octanol–water partition coefficient (Wildman–Crippen LogP) is 3.07. The molecule has 0 spiro atoms. The monoisotopic (exact) mass is 266 g/mol. The minimum Gasteiger partial charge on any atom is -0.492 e. The number of benzene rings is 2. The maximum absolute atomic E-state index is 8.88. The summed E-state index contributed by atoms with van der Waals surface area (Å²) in [5, 5.41) is 8.88. The number of nitriles is 1. The van der Waals surface area contributed by atoms with Crippen molar-refractivity contribution in [3.05, 3.63) is 65.7 Å². The highest BCUT2D eigenvalue weighted by Crippen LogP contribution is 2.09. The van der Waals surface area contributed by atoms with Gasteiger partial charge in [-0.25, -0.2) is 0 Å². The van der Waals surface area contributed by atoms with E-state index in [1.165, 1.54) is 0 Å². The lowest BCUT2D eigenvalue weighted by atomic mass is 10.1. The molecule has 3 heteroatoms. The summed E-state index contributed by atoms with van der Waals surface area (Å²) in [5.41, 5.74) is 1.85. The number of ether oxygens (including phenoxy) is 1. The first-order valence-corrected chi connectivity index (χ1v) is 6.63. The average Bonchev–Trinajstić information content (AvgIpc) is 2.48. The second-order valence-electron chi connectivity index (χ2n) is 4.71. The summed E-state index contributed by atoms with van der Waals surface area (Å²) >= 11 is 0. The van der Waals surface area contributed by atoms with Crippen molar-refractivity contribution in [3.8, 4) is 11.8 Å². The van der Waals surface area contributed by atoms with E-state index in [4.69, 9.17) is 10.00 Å². The Morgan fingerprint density at radius 1 is 1.10 bits per heavy atom. The first kappa shape index (κ1) is 14.1. The van der Waals surface area contributed by atoms with Crippen LogP contribution in [0.4, 0.5) is 0 Å². The van der Waals surface area contributed by atoms with E-state index in [0.717, 1.165) is 24.4 Å². The summed E-state index contributed by atoms with van der Waals surface area (Å²) in [5.74, 6) is 0.896. The van der Waals surface area contributed by atoms with Crippen molar-refractivity contribution in [2.75, 3.05) is 20.2 Å². The minimum absolute atomic E-state index is 0.651. The lowest BCUT2D eigenvalue weighted by Crippen LogP contribution is -2.23. The molecule has 20 heavy (non-hydrogen) atoms. The van der Waals surface area contributed by atoms with Crippen molar-refractivity contribution in [1.82, 2.24) is 4.90 Å². The van der Waals surface area contributed by atoms with Gasteiger partial charge in [-0.3, -0.25) is 4.90 Å². The molecule has 2 rings (SSSR count). The summed E-state index contributed by atoms with van der Waals surface area (Å²) in [6.07, 6.45) is 0. The first-order chi connectivity index (χ1) is 9.78. The summed E-state index contributed by atoms with van der Waals surface area (Å²) in [4.78, 5) is 2.18. The van der Waals surface area contributed by atoms with Crippen LogP contribution in [0.3, 0.4) is 0 Å². The maximum Gasteiger partial charge on any atom is 0.119 e. The van der Waals surface area contributed by atoms with Crippen LogP contribution in [0.2, 0.25) is 0 Å². The van der Waals surface area contributed by atoms with Crippen molar-refractivity contribution >= 4 is 0 Å². The van der Waals surface area contributed by atoms with Crippen LogP contribution in [0.25, 0.3) is 0 Å². The van der Waals surface area contributed by atoms with Crippen molar-refractivity contribution in [2.24, 2.45) is 0 Å². The zero-order valence-corrected chi connectivity index (χ0v) is 11.6. The second kappa shape index (κ2) is 7.32. The Hall–Kier alpha value is -2.31. The molecule has 0 N–H and O–H groups in total. The molecule has 3 nitrogen and oxygen atoms in total. The summed E-state index contributed by atoms with van der Waals surface area (Å²) in [6.45, 7) is 2.30. The van der Waals surface area contributed by atoms with Crippen LogP contribution in [0.15, 0.2) is 54.6 Å². The number of nitrogens with zero attached hydrogens (tertiary/aromatic N) is 2. The number of likely N-dealkylation sites (N-methyl/N-ethyl adjacent to an activating group) is 1. The van der Waals surface area contributed by atoms with E-state index in [0.29, 0.717) is 12.2 Å². The summed E-state index contributed by atoms with van der Waals surface area (Å²) < 4.78 is 5.67. The lowest BCUT2D eigenvalue weighted by molar-refractivity contribution is 0.233. The molecule has 0 aliphatic carbocycles. The van der Waals surface area contributed by atoms with Gasteiger partial charge in [0, 0.05) is 13.1 Å². The highest BCUT2D eigenvalue weighted by Gasteiger charge is 2.02. The standard InChI is InChI=1S/C17H18N2O/c1-19(10-11-20-17-8-3-2-4-9-17)14-16-7-5-6-15(12-16)13-18/h2-9,12H,10-11,14H2,1H3. The molecule has 0 aliphatic rings. The Morgan fingerprint density at radius 3 is 2.65 bits per heavy atom. The number of rotatable bonds is 6. The van der Waals surface area contributed by atoms with E-state index in [1.54, 1.807) is 0 Å². The van der Waals surface area contributed by atoms with Crippen LogP contribution in [0.1, 0.15) is 11.1 Å². The average molecular weight is 266 g/mol. The third-order valence-corrected chi connectivity index (χ3v) is 2.99. The van der Waals surface area contributed by atoms with E-state index < -0.39 is 0 Å². The Morgan fingerprint density at radius 2 is 1.90 bits per heavy atom. The largest absolute Gasteiger partial charge is 0.492 e. The molecule has 2 aromatic carbocycles. The smallest absolute Gasteiger partial charge is 0.119 e. The Labute approximate surface area is 120 Å². The molecule has 0 heterocycles. The van der Waals surface area contributed by atoms with Crippen molar-refractivity contribution in [2.45, 2.75) is 6.54 Å². The molecule has 0 atom stereocenters. The zero-order valence-electron chi connectivity index (χ0n) is 11.6. The predicted molar refractivity (Wildman–Crippen MR) is 79.4 cm³/mol. The number of hydrogen-bond donors (Lipinski definition) is 0. The van der Waals surface area contributed by atoms with Gasteiger partial charge in [-0.05, 0) is 36.9 Å².